The highest BCUT2D eigenvalue weighted by atomic mass is 35.5. The van der Waals surface area contributed by atoms with Crippen LogP contribution in [0.2, 0.25) is 5.02 Å². The van der Waals surface area contributed by atoms with Crippen molar-refractivity contribution in [1.29, 1.82) is 0 Å². The third-order valence-electron chi connectivity index (χ3n) is 2.74. The van der Waals surface area contributed by atoms with E-state index in [4.69, 9.17) is 21.4 Å². The van der Waals surface area contributed by atoms with E-state index in [1.54, 1.807) is 30.1 Å². The van der Waals surface area contributed by atoms with Crippen molar-refractivity contribution in [3.05, 3.63) is 34.3 Å². The second-order valence-corrected chi connectivity index (χ2v) is 5.21. The number of benzene rings is 1. The summed E-state index contributed by atoms with van der Waals surface area (Å²) in [5.74, 6) is 5.13. The minimum Gasteiger partial charge on any atom is -0.384 e. The number of likely N-dealkylation sites (N-methyl/N-ethyl adjacent to an activating group) is 1. The first-order valence-corrected chi connectivity index (χ1v) is 7.10. The van der Waals surface area contributed by atoms with Crippen LogP contribution in [0.3, 0.4) is 0 Å². The molecular formula is C16H20ClNO3. The number of hydrogen-bond acceptors (Lipinski definition) is 3. The second-order valence-electron chi connectivity index (χ2n) is 4.80. The Labute approximate surface area is 130 Å². The lowest BCUT2D eigenvalue weighted by Gasteiger charge is -2.18. The number of aliphatic hydroxyl groups is 1. The number of carbonyl (C=O) groups excluding carboxylic acids is 1. The number of halogens is 1. The first-order chi connectivity index (χ1) is 9.95. The summed E-state index contributed by atoms with van der Waals surface area (Å²) in [5.41, 5.74) is 1.09. The summed E-state index contributed by atoms with van der Waals surface area (Å²) in [4.78, 5) is 13.8. The molecule has 1 rings (SSSR count). The van der Waals surface area contributed by atoms with Gasteiger partial charge in [-0.15, -0.1) is 0 Å². The van der Waals surface area contributed by atoms with Gasteiger partial charge < -0.3 is 14.7 Å². The van der Waals surface area contributed by atoms with Gasteiger partial charge in [-0.2, -0.15) is 0 Å². The number of nitrogens with zero attached hydrogens (tertiary/aromatic N) is 1. The van der Waals surface area contributed by atoms with E-state index >= 15 is 0 Å². The van der Waals surface area contributed by atoms with Crippen molar-refractivity contribution in [1.82, 2.24) is 4.90 Å². The van der Waals surface area contributed by atoms with E-state index in [-0.39, 0.29) is 18.6 Å². The molecule has 0 unspecified atom stereocenters. The van der Waals surface area contributed by atoms with Crippen molar-refractivity contribution in [3.8, 4) is 11.8 Å². The Morgan fingerprint density at radius 3 is 2.76 bits per heavy atom. The molecular weight excluding hydrogens is 290 g/mol. The van der Waals surface area contributed by atoms with Gasteiger partial charge in [-0.25, -0.2) is 0 Å². The molecule has 0 fully saturated rings. The number of ether oxygens (including phenoxy) is 1. The van der Waals surface area contributed by atoms with Crippen LogP contribution in [0.25, 0.3) is 0 Å². The summed E-state index contributed by atoms with van der Waals surface area (Å²) in [6.07, 6.45) is 0.146. The fourth-order valence-electron chi connectivity index (χ4n) is 1.63. The van der Waals surface area contributed by atoms with E-state index in [0.29, 0.717) is 29.3 Å². The Balaban J connectivity index is 2.72. The molecule has 0 saturated carbocycles. The van der Waals surface area contributed by atoms with Gasteiger partial charge >= 0.3 is 0 Å². The highest BCUT2D eigenvalue weighted by Crippen LogP contribution is 2.18. The summed E-state index contributed by atoms with van der Waals surface area (Å²) in [5, 5.41) is 9.06. The van der Waals surface area contributed by atoms with Crippen LogP contribution in [0.1, 0.15) is 29.8 Å². The van der Waals surface area contributed by atoms with Gasteiger partial charge in [-0.05, 0) is 32.0 Å². The van der Waals surface area contributed by atoms with Crippen LogP contribution in [-0.4, -0.2) is 48.8 Å². The maximum Gasteiger partial charge on any atom is 0.253 e. The van der Waals surface area contributed by atoms with Crippen LogP contribution in [0, 0.1) is 11.8 Å². The lowest BCUT2D eigenvalue weighted by Crippen LogP contribution is -2.30. The maximum atomic E-state index is 12.2. The maximum absolute atomic E-state index is 12.2. The van der Waals surface area contributed by atoms with Crippen molar-refractivity contribution in [2.45, 2.75) is 20.0 Å². The van der Waals surface area contributed by atoms with Gasteiger partial charge in [0.05, 0.1) is 17.7 Å². The summed E-state index contributed by atoms with van der Waals surface area (Å²) < 4.78 is 5.42. The quantitative estimate of drug-likeness (QED) is 0.848. The largest absolute Gasteiger partial charge is 0.384 e. The van der Waals surface area contributed by atoms with E-state index in [0.717, 1.165) is 0 Å². The molecule has 1 N–H and O–H groups in total. The molecule has 1 aromatic carbocycles. The van der Waals surface area contributed by atoms with E-state index in [2.05, 4.69) is 11.8 Å². The molecule has 0 aliphatic heterocycles. The van der Waals surface area contributed by atoms with Gasteiger partial charge in [-0.3, -0.25) is 4.79 Å². The molecule has 0 spiro atoms. The van der Waals surface area contributed by atoms with Crippen LogP contribution >= 0.6 is 11.6 Å². The molecule has 0 aliphatic carbocycles. The molecule has 1 aromatic rings. The zero-order valence-electron chi connectivity index (χ0n) is 12.5. The summed E-state index contributed by atoms with van der Waals surface area (Å²) >= 11 is 6.08. The van der Waals surface area contributed by atoms with Gasteiger partial charge in [0.1, 0.15) is 6.61 Å². The summed E-state index contributed by atoms with van der Waals surface area (Å²) in [7, 11) is 1.72. The zero-order chi connectivity index (χ0) is 15.8. The first-order valence-electron chi connectivity index (χ1n) is 6.72. The predicted molar refractivity (Wildman–Crippen MR) is 83.5 cm³/mol. The summed E-state index contributed by atoms with van der Waals surface area (Å²) in [6.45, 7) is 4.69. The van der Waals surface area contributed by atoms with E-state index in [1.807, 2.05) is 13.8 Å². The standard InChI is InChI=1S/C16H20ClNO3/c1-12(2)21-10-8-18(3)16(20)14-7-6-13(5-4-9-19)15(17)11-14/h6-7,11-12,19H,8-10H2,1-3H3. The van der Waals surface area contributed by atoms with Crippen LogP contribution < -0.4 is 0 Å². The third-order valence-corrected chi connectivity index (χ3v) is 3.06. The summed E-state index contributed by atoms with van der Waals surface area (Å²) in [6, 6.07) is 4.94. The number of rotatable bonds is 5. The normalized spacial score (nSPS) is 10.2. The molecule has 5 heteroatoms. The molecule has 4 nitrogen and oxygen atoms in total. The van der Waals surface area contributed by atoms with Crippen LogP contribution in [0.15, 0.2) is 18.2 Å². The van der Waals surface area contributed by atoms with Gasteiger partial charge in [0.15, 0.2) is 0 Å². The molecule has 0 atom stereocenters. The molecule has 1 amide bonds. The van der Waals surface area contributed by atoms with Gasteiger partial charge in [0, 0.05) is 24.7 Å². The van der Waals surface area contributed by atoms with Crippen LogP contribution in [-0.2, 0) is 4.74 Å². The van der Waals surface area contributed by atoms with E-state index in [1.165, 1.54) is 0 Å². The Kier molecular flexibility index (Phi) is 7.24. The van der Waals surface area contributed by atoms with Crippen molar-refractivity contribution in [2.24, 2.45) is 0 Å². The number of carbonyl (C=O) groups is 1. The highest BCUT2D eigenvalue weighted by molar-refractivity contribution is 6.32. The monoisotopic (exact) mass is 309 g/mol. The minimum atomic E-state index is -0.227. The predicted octanol–water partition coefficient (Wildman–Crippen LogP) is 2.18. The fourth-order valence-corrected chi connectivity index (χ4v) is 1.86. The molecule has 114 valence electrons. The Morgan fingerprint density at radius 2 is 2.19 bits per heavy atom. The second kappa shape index (κ2) is 8.68. The van der Waals surface area contributed by atoms with Crippen molar-refractivity contribution < 1.29 is 14.6 Å². The third kappa shape index (κ3) is 5.76. The van der Waals surface area contributed by atoms with Crippen molar-refractivity contribution >= 4 is 17.5 Å². The number of aliphatic hydroxyl groups excluding tert-OH is 1. The molecule has 21 heavy (non-hydrogen) atoms. The molecule has 0 aliphatic rings. The van der Waals surface area contributed by atoms with E-state index < -0.39 is 0 Å². The van der Waals surface area contributed by atoms with Crippen LogP contribution in [0.5, 0.6) is 0 Å². The fraction of sp³-hybridized carbons (Fsp3) is 0.438. The Morgan fingerprint density at radius 1 is 1.48 bits per heavy atom. The highest BCUT2D eigenvalue weighted by Gasteiger charge is 2.13. The van der Waals surface area contributed by atoms with Crippen LogP contribution in [0.4, 0.5) is 0 Å². The van der Waals surface area contributed by atoms with E-state index in [9.17, 15) is 4.79 Å². The van der Waals surface area contributed by atoms with Crippen molar-refractivity contribution in [3.63, 3.8) is 0 Å². The Bertz CT molecular complexity index is 546. The lowest BCUT2D eigenvalue weighted by molar-refractivity contribution is 0.0532. The van der Waals surface area contributed by atoms with Gasteiger partial charge in [0.25, 0.3) is 5.91 Å². The average molecular weight is 310 g/mol. The smallest absolute Gasteiger partial charge is 0.253 e. The topological polar surface area (TPSA) is 49.8 Å². The molecule has 0 bridgehead atoms. The van der Waals surface area contributed by atoms with Gasteiger partial charge in [-0.1, -0.05) is 23.4 Å². The molecule has 0 radical (unpaired) electrons. The molecule has 0 aromatic heterocycles. The zero-order valence-corrected chi connectivity index (χ0v) is 13.3. The Hall–Kier alpha value is -1.54. The number of amides is 1. The molecule has 0 heterocycles. The molecule has 0 saturated heterocycles. The number of hydrogen-bond donors (Lipinski definition) is 1. The average Bonchev–Trinajstić information content (AvgIpc) is 2.44. The lowest BCUT2D eigenvalue weighted by atomic mass is 10.1. The first kappa shape index (κ1) is 17.5. The minimum absolute atomic E-state index is 0.120. The van der Waals surface area contributed by atoms with Gasteiger partial charge in [0.2, 0.25) is 0 Å². The van der Waals surface area contributed by atoms with Crippen molar-refractivity contribution in [2.75, 3.05) is 26.8 Å². The SMILES string of the molecule is CC(C)OCCN(C)C(=O)c1ccc(C#CCO)c(Cl)c1.